The van der Waals surface area contributed by atoms with E-state index in [-0.39, 0.29) is 23.8 Å². The van der Waals surface area contributed by atoms with Gasteiger partial charge in [0.2, 0.25) is 5.91 Å². The molecule has 0 unspecified atom stereocenters. The Morgan fingerprint density at radius 3 is 2.53 bits per heavy atom. The molecule has 0 bridgehead atoms. The average Bonchev–Trinajstić information content (AvgIpc) is 3.36. The third-order valence-electron chi connectivity index (χ3n) is 6.65. The minimum absolute atomic E-state index is 0.132. The first-order valence-corrected chi connectivity index (χ1v) is 12.7. The van der Waals surface area contributed by atoms with Crippen molar-refractivity contribution in [2.24, 2.45) is 5.92 Å². The molecule has 1 aliphatic heterocycles. The van der Waals surface area contributed by atoms with E-state index >= 15 is 0 Å². The van der Waals surface area contributed by atoms with Crippen molar-refractivity contribution in [1.29, 1.82) is 0 Å². The predicted octanol–water partition coefficient (Wildman–Crippen LogP) is 5.53. The van der Waals surface area contributed by atoms with Crippen LogP contribution in [0.3, 0.4) is 0 Å². The Morgan fingerprint density at radius 2 is 1.86 bits per heavy atom. The first-order valence-electron chi connectivity index (χ1n) is 12.7. The summed E-state index contributed by atoms with van der Waals surface area (Å²) in [5, 5.41) is 0. The van der Waals surface area contributed by atoms with Crippen molar-refractivity contribution < 1.29 is 18.7 Å². The molecule has 0 fully saturated rings. The number of amides is 2. The number of carbonyl (C=O) groups excluding carboxylic acids is 2. The van der Waals surface area contributed by atoms with Crippen molar-refractivity contribution in [3.63, 3.8) is 0 Å². The van der Waals surface area contributed by atoms with Crippen LogP contribution in [-0.2, 0) is 22.6 Å². The molecule has 2 heterocycles. The lowest BCUT2D eigenvalue weighted by molar-refractivity contribution is -0.137. The molecule has 36 heavy (non-hydrogen) atoms. The fraction of sp³-hybridized carbons (Fsp3) is 0.400. The van der Waals surface area contributed by atoms with Gasteiger partial charge in [-0.05, 0) is 67.1 Å². The maximum atomic E-state index is 13.3. The Labute approximate surface area is 213 Å². The molecule has 4 rings (SSSR count). The molecule has 0 N–H and O–H groups in total. The molecule has 6 nitrogen and oxygen atoms in total. The predicted molar refractivity (Wildman–Crippen MR) is 140 cm³/mol. The van der Waals surface area contributed by atoms with E-state index in [0.29, 0.717) is 25.3 Å². The van der Waals surface area contributed by atoms with Crippen LogP contribution in [0.1, 0.15) is 61.2 Å². The Hall–Kier alpha value is -3.54. The number of nitrogens with zero attached hydrogens (tertiary/aromatic N) is 2. The summed E-state index contributed by atoms with van der Waals surface area (Å²) < 4.78 is 11.5. The first-order chi connectivity index (χ1) is 17.2. The Balaban J connectivity index is 1.59. The molecule has 3 aromatic rings. The second kappa shape index (κ2) is 11.0. The third kappa shape index (κ3) is 5.81. The third-order valence-corrected chi connectivity index (χ3v) is 6.65. The number of carbonyl (C=O) groups is 2. The molecule has 2 atom stereocenters. The van der Waals surface area contributed by atoms with Crippen molar-refractivity contribution >= 4 is 11.8 Å². The Morgan fingerprint density at radius 1 is 1.11 bits per heavy atom. The van der Waals surface area contributed by atoms with Gasteiger partial charge in [0, 0.05) is 20.0 Å². The van der Waals surface area contributed by atoms with Gasteiger partial charge in [-0.2, -0.15) is 0 Å². The number of benzene rings is 2. The van der Waals surface area contributed by atoms with Gasteiger partial charge in [-0.15, -0.1) is 0 Å². The van der Waals surface area contributed by atoms with Crippen molar-refractivity contribution in [3.8, 4) is 5.75 Å². The SMILES string of the molecule is Cc1ccc([C@@H]2c3cc(O[C@@H](C)C(=O)N(C)Cc4ccco4)ccc3CCN2C(=O)CC(C)C)cc1. The van der Waals surface area contributed by atoms with E-state index in [1.807, 2.05) is 23.1 Å². The van der Waals surface area contributed by atoms with Crippen LogP contribution in [0.2, 0.25) is 0 Å². The van der Waals surface area contributed by atoms with E-state index in [2.05, 4.69) is 51.1 Å². The van der Waals surface area contributed by atoms with E-state index in [1.54, 1.807) is 31.2 Å². The number of furan rings is 1. The van der Waals surface area contributed by atoms with Gasteiger partial charge in [0.1, 0.15) is 11.5 Å². The molecule has 2 amide bonds. The number of rotatable bonds is 8. The van der Waals surface area contributed by atoms with Gasteiger partial charge in [0.25, 0.3) is 5.91 Å². The lowest BCUT2D eigenvalue weighted by Crippen LogP contribution is -2.41. The fourth-order valence-corrected chi connectivity index (χ4v) is 4.79. The maximum absolute atomic E-state index is 13.3. The Kier molecular flexibility index (Phi) is 7.82. The smallest absolute Gasteiger partial charge is 0.263 e. The van der Waals surface area contributed by atoms with Crippen LogP contribution < -0.4 is 4.74 Å². The highest BCUT2D eigenvalue weighted by atomic mass is 16.5. The molecule has 0 saturated carbocycles. The lowest BCUT2D eigenvalue weighted by Gasteiger charge is -2.38. The molecule has 1 aliphatic rings. The zero-order valence-electron chi connectivity index (χ0n) is 21.9. The first kappa shape index (κ1) is 25.5. The summed E-state index contributed by atoms with van der Waals surface area (Å²) >= 11 is 0. The van der Waals surface area contributed by atoms with Crippen LogP contribution in [-0.4, -0.2) is 41.3 Å². The summed E-state index contributed by atoms with van der Waals surface area (Å²) in [6, 6.07) is 17.9. The molecule has 0 aliphatic carbocycles. The van der Waals surface area contributed by atoms with Gasteiger partial charge in [-0.3, -0.25) is 9.59 Å². The fourth-order valence-electron chi connectivity index (χ4n) is 4.79. The molecule has 2 aromatic carbocycles. The van der Waals surface area contributed by atoms with Crippen LogP contribution in [0.4, 0.5) is 0 Å². The molecule has 6 heteroatoms. The molecular formula is C30H36N2O4. The lowest BCUT2D eigenvalue weighted by atomic mass is 9.87. The van der Waals surface area contributed by atoms with E-state index in [0.717, 1.165) is 23.3 Å². The van der Waals surface area contributed by atoms with Crippen LogP contribution >= 0.6 is 0 Å². The molecule has 1 aromatic heterocycles. The summed E-state index contributed by atoms with van der Waals surface area (Å²) in [5.41, 5.74) is 4.52. The van der Waals surface area contributed by atoms with Gasteiger partial charge in [0.05, 0.1) is 18.8 Å². The van der Waals surface area contributed by atoms with E-state index in [4.69, 9.17) is 9.15 Å². The minimum atomic E-state index is -0.664. The summed E-state index contributed by atoms with van der Waals surface area (Å²) in [7, 11) is 1.74. The van der Waals surface area contributed by atoms with Crippen molar-refractivity contribution in [2.75, 3.05) is 13.6 Å². The van der Waals surface area contributed by atoms with Gasteiger partial charge in [-0.25, -0.2) is 0 Å². The monoisotopic (exact) mass is 488 g/mol. The van der Waals surface area contributed by atoms with Crippen molar-refractivity contribution in [3.05, 3.63) is 88.9 Å². The van der Waals surface area contributed by atoms with E-state index in [9.17, 15) is 9.59 Å². The average molecular weight is 489 g/mol. The van der Waals surface area contributed by atoms with Crippen LogP contribution in [0.25, 0.3) is 0 Å². The normalized spacial score (nSPS) is 15.9. The number of aryl methyl sites for hydroxylation is 1. The van der Waals surface area contributed by atoms with Crippen LogP contribution in [0, 0.1) is 12.8 Å². The second-order valence-electron chi connectivity index (χ2n) is 10.1. The van der Waals surface area contributed by atoms with Gasteiger partial charge in [0.15, 0.2) is 6.10 Å². The summed E-state index contributed by atoms with van der Waals surface area (Å²) in [6.45, 7) is 9.04. The number of ether oxygens (including phenoxy) is 1. The zero-order chi connectivity index (χ0) is 25.8. The van der Waals surface area contributed by atoms with E-state index in [1.165, 1.54) is 11.1 Å². The summed E-state index contributed by atoms with van der Waals surface area (Å²) in [4.78, 5) is 29.8. The number of hydrogen-bond acceptors (Lipinski definition) is 4. The highest BCUT2D eigenvalue weighted by Crippen LogP contribution is 2.38. The molecule has 0 radical (unpaired) electrons. The summed E-state index contributed by atoms with van der Waals surface area (Å²) in [5.74, 6) is 1.66. The van der Waals surface area contributed by atoms with Crippen molar-refractivity contribution in [2.45, 2.75) is 59.2 Å². The highest BCUT2D eigenvalue weighted by Gasteiger charge is 2.33. The number of fused-ring (bicyclic) bond motifs is 1. The quantitative estimate of drug-likeness (QED) is 0.418. The largest absolute Gasteiger partial charge is 0.481 e. The topological polar surface area (TPSA) is 63.0 Å². The van der Waals surface area contributed by atoms with Gasteiger partial charge in [-0.1, -0.05) is 49.7 Å². The second-order valence-corrected chi connectivity index (χ2v) is 10.1. The Bertz CT molecular complexity index is 1180. The van der Waals surface area contributed by atoms with Gasteiger partial charge < -0.3 is 19.0 Å². The number of likely N-dealkylation sites (N-methyl/N-ethyl adjacent to an activating group) is 1. The van der Waals surface area contributed by atoms with Crippen LogP contribution in [0.5, 0.6) is 5.75 Å². The summed E-state index contributed by atoms with van der Waals surface area (Å²) in [6.07, 6.45) is 2.24. The van der Waals surface area contributed by atoms with Crippen molar-refractivity contribution in [1.82, 2.24) is 9.80 Å². The molecule has 190 valence electrons. The minimum Gasteiger partial charge on any atom is -0.481 e. The van der Waals surface area contributed by atoms with Crippen LogP contribution in [0.15, 0.2) is 65.3 Å². The molecular weight excluding hydrogens is 452 g/mol. The maximum Gasteiger partial charge on any atom is 0.263 e. The van der Waals surface area contributed by atoms with Gasteiger partial charge >= 0.3 is 0 Å². The zero-order valence-corrected chi connectivity index (χ0v) is 21.9. The number of hydrogen-bond donors (Lipinski definition) is 0. The standard InChI is InChI=1S/C30H36N2O4/c1-20(2)17-28(33)32-15-14-23-12-13-25(18-27(23)29(32)24-10-8-21(3)9-11-24)36-22(4)30(34)31(5)19-26-7-6-16-35-26/h6-13,16,18,20,22,29H,14-15,17,19H2,1-5H3/t22-,29+/m0/s1. The molecule has 0 spiro atoms. The highest BCUT2D eigenvalue weighted by molar-refractivity contribution is 5.80. The van der Waals surface area contributed by atoms with E-state index < -0.39 is 6.10 Å². The molecule has 0 saturated heterocycles.